The molecule has 0 radical (unpaired) electrons. The van der Waals surface area contributed by atoms with Crippen LogP contribution in [0.2, 0.25) is 0 Å². The van der Waals surface area contributed by atoms with Gasteiger partial charge in [0.1, 0.15) is 0 Å². The summed E-state index contributed by atoms with van der Waals surface area (Å²) in [6.07, 6.45) is -3.27. The van der Waals surface area contributed by atoms with Crippen LogP contribution in [0, 0.1) is 0 Å². The van der Waals surface area contributed by atoms with Crippen molar-refractivity contribution < 1.29 is 27.5 Å². The van der Waals surface area contributed by atoms with E-state index < -0.39 is 18.7 Å². The lowest BCUT2D eigenvalue weighted by atomic mass is 10.2. The molecular formula is C10H11F3N2O3. The summed E-state index contributed by atoms with van der Waals surface area (Å²) in [5.41, 5.74) is 0.117. The molecule has 0 aliphatic heterocycles. The van der Waals surface area contributed by atoms with Gasteiger partial charge in [0.05, 0.1) is 7.11 Å². The Kier molecular flexibility index (Phi) is 4.49. The molecule has 0 saturated carbocycles. The van der Waals surface area contributed by atoms with Crippen molar-refractivity contribution in [2.45, 2.75) is 6.18 Å². The SMILES string of the molecule is CON(C)C(=O)c1ccnc(OCC(F)(F)F)c1. The van der Waals surface area contributed by atoms with E-state index in [2.05, 4.69) is 14.6 Å². The maximum absolute atomic E-state index is 11.9. The molecule has 0 bridgehead atoms. The quantitative estimate of drug-likeness (QED) is 0.776. The molecule has 1 aromatic heterocycles. The summed E-state index contributed by atoms with van der Waals surface area (Å²) in [7, 11) is 2.67. The van der Waals surface area contributed by atoms with E-state index in [-0.39, 0.29) is 11.4 Å². The predicted molar refractivity (Wildman–Crippen MR) is 54.9 cm³/mol. The van der Waals surface area contributed by atoms with Crippen molar-refractivity contribution in [3.63, 3.8) is 0 Å². The number of amides is 1. The first-order valence-corrected chi connectivity index (χ1v) is 4.81. The highest BCUT2D eigenvalue weighted by Gasteiger charge is 2.28. The zero-order valence-electron chi connectivity index (χ0n) is 9.69. The van der Waals surface area contributed by atoms with Gasteiger partial charge < -0.3 is 4.74 Å². The molecule has 0 spiro atoms. The van der Waals surface area contributed by atoms with Crippen molar-refractivity contribution in [1.82, 2.24) is 10.0 Å². The molecule has 0 aliphatic carbocycles. The smallest absolute Gasteiger partial charge is 0.422 e. The van der Waals surface area contributed by atoms with Crippen LogP contribution in [0.15, 0.2) is 18.3 Å². The zero-order valence-corrected chi connectivity index (χ0v) is 9.69. The summed E-state index contributed by atoms with van der Waals surface area (Å²) in [5.74, 6) is -0.792. The van der Waals surface area contributed by atoms with Gasteiger partial charge in [0.25, 0.3) is 5.91 Å². The summed E-state index contributed by atoms with van der Waals surface area (Å²) in [5, 5.41) is 0.933. The Balaban J connectivity index is 2.76. The average molecular weight is 264 g/mol. The number of ether oxygens (including phenoxy) is 1. The van der Waals surface area contributed by atoms with Gasteiger partial charge in [-0.3, -0.25) is 9.63 Å². The number of carbonyl (C=O) groups excluding carboxylic acids is 1. The number of alkyl halides is 3. The van der Waals surface area contributed by atoms with Gasteiger partial charge in [-0.25, -0.2) is 10.0 Å². The average Bonchev–Trinajstić information content (AvgIpc) is 2.34. The van der Waals surface area contributed by atoms with Gasteiger partial charge in [-0.15, -0.1) is 0 Å². The van der Waals surface area contributed by atoms with Crippen molar-refractivity contribution in [3.05, 3.63) is 23.9 Å². The van der Waals surface area contributed by atoms with E-state index in [1.54, 1.807) is 0 Å². The van der Waals surface area contributed by atoms with Crippen LogP contribution >= 0.6 is 0 Å². The number of pyridine rings is 1. The minimum atomic E-state index is -4.45. The second-order valence-corrected chi connectivity index (χ2v) is 3.27. The maximum atomic E-state index is 11.9. The first-order chi connectivity index (χ1) is 8.33. The number of nitrogens with zero attached hydrogens (tertiary/aromatic N) is 2. The molecular weight excluding hydrogens is 253 g/mol. The molecule has 0 atom stereocenters. The molecule has 0 N–H and O–H groups in total. The Bertz CT molecular complexity index is 423. The topological polar surface area (TPSA) is 51.7 Å². The van der Waals surface area contributed by atoms with Crippen LogP contribution in [0.1, 0.15) is 10.4 Å². The second kappa shape index (κ2) is 5.67. The number of hydroxylamine groups is 2. The molecule has 0 fully saturated rings. The van der Waals surface area contributed by atoms with Crippen LogP contribution in [0.5, 0.6) is 5.88 Å². The maximum Gasteiger partial charge on any atom is 0.422 e. The number of aromatic nitrogens is 1. The molecule has 0 saturated heterocycles. The van der Waals surface area contributed by atoms with Gasteiger partial charge in [0.2, 0.25) is 5.88 Å². The van der Waals surface area contributed by atoms with E-state index in [9.17, 15) is 18.0 Å². The number of halogens is 3. The molecule has 5 nitrogen and oxygen atoms in total. The third-order valence-electron chi connectivity index (χ3n) is 1.93. The minimum absolute atomic E-state index is 0.117. The van der Waals surface area contributed by atoms with Gasteiger partial charge in [0.15, 0.2) is 6.61 Å². The Morgan fingerprint density at radius 1 is 1.50 bits per heavy atom. The van der Waals surface area contributed by atoms with E-state index in [0.717, 1.165) is 11.1 Å². The van der Waals surface area contributed by atoms with Crippen LogP contribution in [-0.2, 0) is 4.84 Å². The van der Waals surface area contributed by atoms with Crippen molar-refractivity contribution >= 4 is 5.91 Å². The Labute approximate surface area is 101 Å². The van der Waals surface area contributed by atoms with Crippen molar-refractivity contribution in [1.29, 1.82) is 0 Å². The fourth-order valence-electron chi connectivity index (χ4n) is 1.04. The Morgan fingerprint density at radius 3 is 2.72 bits per heavy atom. The molecule has 8 heteroatoms. The van der Waals surface area contributed by atoms with Gasteiger partial charge in [-0.1, -0.05) is 0 Å². The zero-order chi connectivity index (χ0) is 13.8. The summed E-state index contributed by atoms with van der Waals surface area (Å²) < 4.78 is 40.2. The third kappa shape index (κ3) is 4.21. The molecule has 1 aromatic rings. The third-order valence-corrected chi connectivity index (χ3v) is 1.93. The van der Waals surface area contributed by atoms with Gasteiger partial charge in [0, 0.05) is 24.9 Å². The van der Waals surface area contributed by atoms with E-state index in [4.69, 9.17) is 0 Å². The van der Waals surface area contributed by atoms with E-state index in [0.29, 0.717) is 0 Å². The lowest BCUT2D eigenvalue weighted by molar-refractivity contribution is -0.154. The molecule has 1 heterocycles. The number of rotatable bonds is 4. The molecule has 0 unspecified atom stereocenters. The predicted octanol–water partition coefficient (Wildman–Crippen LogP) is 1.66. The number of carbonyl (C=O) groups is 1. The van der Waals surface area contributed by atoms with Crippen LogP contribution < -0.4 is 4.74 Å². The Morgan fingerprint density at radius 2 is 2.17 bits per heavy atom. The highest BCUT2D eigenvalue weighted by atomic mass is 19.4. The van der Waals surface area contributed by atoms with Gasteiger partial charge >= 0.3 is 6.18 Å². The van der Waals surface area contributed by atoms with Crippen molar-refractivity contribution in [2.24, 2.45) is 0 Å². The highest BCUT2D eigenvalue weighted by molar-refractivity contribution is 5.93. The molecule has 1 amide bonds. The lowest BCUT2D eigenvalue weighted by Gasteiger charge is -2.14. The van der Waals surface area contributed by atoms with Crippen LogP contribution in [0.4, 0.5) is 13.2 Å². The summed E-state index contributed by atoms with van der Waals surface area (Å²) in [4.78, 5) is 19.9. The molecule has 100 valence electrons. The fraction of sp³-hybridized carbons (Fsp3) is 0.400. The normalized spacial score (nSPS) is 11.2. The molecule has 0 aromatic carbocycles. The number of hydrogen-bond donors (Lipinski definition) is 0. The van der Waals surface area contributed by atoms with E-state index >= 15 is 0 Å². The van der Waals surface area contributed by atoms with E-state index in [1.165, 1.54) is 26.4 Å². The highest BCUT2D eigenvalue weighted by Crippen LogP contribution is 2.17. The van der Waals surface area contributed by atoms with Crippen LogP contribution in [0.3, 0.4) is 0 Å². The monoisotopic (exact) mass is 264 g/mol. The Hall–Kier alpha value is -1.83. The van der Waals surface area contributed by atoms with E-state index in [1.807, 2.05) is 0 Å². The molecule has 1 rings (SSSR count). The molecule has 0 aliphatic rings. The fourth-order valence-corrected chi connectivity index (χ4v) is 1.04. The largest absolute Gasteiger partial charge is 0.468 e. The van der Waals surface area contributed by atoms with Crippen molar-refractivity contribution in [3.8, 4) is 5.88 Å². The summed E-state index contributed by atoms with van der Waals surface area (Å²) in [6, 6.07) is 2.46. The molecule has 18 heavy (non-hydrogen) atoms. The first kappa shape index (κ1) is 14.2. The second-order valence-electron chi connectivity index (χ2n) is 3.27. The number of hydrogen-bond acceptors (Lipinski definition) is 4. The van der Waals surface area contributed by atoms with Crippen LogP contribution in [-0.4, -0.2) is 42.9 Å². The minimum Gasteiger partial charge on any atom is -0.468 e. The summed E-state index contributed by atoms with van der Waals surface area (Å²) in [6.45, 7) is -1.46. The first-order valence-electron chi connectivity index (χ1n) is 4.81. The van der Waals surface area contributed by atoms with Crippen LogP contribution in [0.25, 0.3) is 0 Å². The van der Waals surface area contributed by atoms with Crippen molar-refractivity contribution in [2.75, 3.05) is 20.8 Å². The van der Waals surface area contributed by atoms with Gasteiger partial charge in [-0.05, 0) is 6.07 Å². The standard InChI is InChI=1S/C10H11F3N2O3/c1-15(17-2)9(16)7-3-4-14-8(5-7)18-6-10(11,12)13/h3-5H,6H2,1-2H3. The lowest BCUT2D eigenvalue weighted by Crippen LogP contribution is -2.25. The summed E-state index contributed by atoms with van der Waals surface area (Å²) >= 11 is 0. The van der Waals surface area contributed by atoms with Gasteiger partial charge in [-0.2, -0.15) is 13.2 Å².